The largest absolute Gasteiger partial charge is 0.507 e. The highest BCUT2D eigenvalue weighted by atomic mass is 16.3. The van der Waals surface area contributed by atoms with E-state index in [1.54, 1.807) is 18.2 Å². The van der Waals surface area contributed by atoms with E-state index >= 15 is 0 Å². The van der Waals surface area contributed by atoms with Gasteiger partial charge >= 0.3 is 0 Å². The van der Waals surface area contributed by atoms with E-state index in [9.17, 15) is 15.3 Å². The number of hydrogen-bond donors (Lipinski definition) is 3. The van der Waals surface area contributed by atoms with Crippen molar-refractivity contribution in [3.8, 4) is 28.4 Å². The molecule has 0 bridgehead atoms. The van der Waals surface area contributed by atoms with Crippen LogP contribution in [-0.4, -0.2) is 15.3 Å². The molecule has 0 radical (unpaired) electrons. The first kappa shape index (κ1) is 15.2. The molecule has 0 atom stereocenters. The zero-order valence-electron chi connectivity index (χ0n) is 12.8. The van der Waals surface area contributed by atoms with Gasteiger partial charge in [-0.3, -0.25) is 0 Å². The van der Waals surface area contributed by atoms with E-state index < -0.39 is 0 Å². The van der Waals surface area contributed by atoms with Crippen LogP contribution in [0.4, 0.5) is 0 Å². The van der Waals surface area contributed by atoms with Crippen LogP contribution in [0.25, 0.3) is 11.1 Å². The summed E-state index contributed by atoms with van der Waals surface area (Å²) in [6, 6.07) is 6.99. The van der Waals surface area contributed by atoms with Gasteiger partial charge in [-0.05, 0) is 36.5 Å². The van der Waals surface area contributed by atoms with Crippen LogP contribution in [0, 0.1) is 0 Å². The maximum absolute atomic E-state index is 10.6. The minimum atomic E-state index is 0.0746. The Morgan fingerprint density at radius 1 is 0.714 bits per heavy atom. The van der Waals surface area contributed by atoms with Gasteiger partial charge in [0.1, 0.15) is 17.2 Å². The fourth-order valence-electron chi connectivity index (χ4n) is 2.96. The third-order valence-electron chi connectivity index (χ3n) is 3.99. The normalized spacial score (nSPS) is 10.8. The van der Waals surface area contributed by atoms with Gasteiger partial charge in [-0.1, -0.05) is 39.0 Å². The summed E-state index contributed by atoms with van der Waals surface area (Å²) in [4.78, 5) is 0. The molecule has 0 fully saturated rings. The molecule has 0 aliphatic rings. The van der Waals surface area contributed by atoms with Gasteiger partial charge in [0.15, 0.2) is 0 Å². The van der Waals surface area contributed by atoms with Gasteiger partial charge in [-0.25, -0.2) is 0 Å². The molecule has 2 aromatic carbocycles. The monoisotopic (exact) mass is 286 g/mol. The van der Waals surface area contributed by atoms with Crippen molar-refractivity contribution in [1.82, 2.24) is 0 Å². The quantitative estimate of drug-likeness (QED) is 0.791. The second-order valence-electron chi connectivity index (χ2n) is 5.09. The van der Waals surface area contributed by atoms with Gasteiger partial charge in [-0.2, -0.15) is 0 Å². The first-order valence-corrected chi connectivity index (χ1v) is 7.43. The lowest BCUT2D eigenvalue weighted by Crippen LogP contribution is -2.01. The summed E-state index contributed by atoms with van der Waals surface area (Å²) >= 11 is 0. The Bertz CT molecular complexity index is 660. The predicted molar refractivity (Wildman–Crippen MR) is 85.0 cm³/mol. The molecule has 0 spiro atoms. The molecule has 0 aliphatic heterocycles. The van der Waals surface area contributed by atoms with E-state index in [1.165, 1.54) is 0 Å². The third-order valence-corrected chi connectivity index (χ3v) is 3.99. The summed E-state index contributed by atoms with van der Waals surface area (Å²) in [6.07, 6.45) is 1.90. The summed E-state index contributed by atoms with van der Waals surface area (Å²) < 4.78 is 0. The highest BCUT2D eigenvalue weighted by Crippen LogP contribution is 2.46. The van der Waals surface area contributed by atoms with Crippen molar-refractivity contribution in [1.29, 1.82) is 0 Å². The van der Waals surface area contributed by atoms with Crippen LogP contribution in [0.2, 0.25) is 0 Å². The van der Waals surface area contributed by atoms with Gasteiger partial charge in [0.2, 0.25) is 0 Å². The Morgan fingerprint density at radius 3 is 1.81 bits per heavy atom. The summed E-state index contributed by atoms with van der Waals surface area (Å²) in [6.45, 7) is 5.87. The van der Waals surface area contributed by atoms with Gasteiger partial charge in [0.25, 0.3) is 0 Å². The number of benzene rings is 2. The molecule has 3 nitrogen and oxygen atoms in total. The van der Waals surface area contributed by atoms with Crippen molar-refractivity contribution in [2.75, 3.05) is 0 Å². The van der Waals surface area contributed by atoms with Gasteiger partial charge < -0.3 is 15.3 Å². The van der Waals surface area contributed by atoms with Gasteiger partial charge in [0.05, 0.1) is 0 Å². The average molecular weight is 286 g/mol. The molecule has 2 aromatic rings. The summed E-state index contributed by atoms with van der Waals surface area (Å²) in [5.41, 5.74) is 3.54. The number of phenolic OH excluding ortho intramolecular Hbond substituents is 3. The average Bonchev–Trinajstić information content (AvgIpc) is 2.48. The van der Waals surface area contributed by atoms with Crippen molar-refractivity contribution in [2.45, 2.75) is 40.0 Å². The van der Waals surface area contributed by atoms with Crippen molar-refractivity contribution in [3.63, 3.8) is 0 Å². The lowest BCUT2D eigenvalue weighted by molar-refractivity contribution is 0.434. The van der Waals surface area contributed by atoms with Crippen molar-refractivity contribution in [2.24, 2.45) is 0 Å². The smallest absolute Gasteiger partial charge is 0.130 e. The van der Waals surface area contributed by atoms with Gasteiger partial charge in [0, 0.05) is 16.7 Å². The maximum Gasteiger partial charge on any atom is 0.130 e. The van der Waals surface area contributed by atoms with Crippen molar-refractivity contribution < 1.29 is 15.3 Å². The van der Waals surface area contributed by atoms with Crippen LogP contribution in [0.15, 0.2) is 24.3 Å². The van der Waals surface area contributed by atoms with E-state index in [0.717, 1.165) is 11.1 Å². The van der Waals surface area contributed by atoms with E-state index in [-0.39, 0.29) is 17.2 Å². The van der Waals surface area contributed by atoms with E-state index in [0.29, 0.717) is 36.0 Å². The van der Waals surface area contributed by atoms with Crippen molar-refractivity contribution in [3.05, 3.63) is 41.0 Å². The fourth-order valence-corrected chi connectivity index (χ4v) is 2.96. The van der Waals surface area contributed by atoms with Crippen LogP contribution < -0.4 is 0 Å². The minimum absolute atomic E-state index is 0.0746. The molecule has 0 saturated carbocycles. The van der Waals surface area contributed by atoms with Crippen LogP contribution in [0.3, 0.4) is 0 Å². The number of phenols is 3. The fraction of sp³-hybridized carbons (Fsp3) is 0.333. The minimum Gasteiger partial charge on any atom is -0.507 e. The first-order chi connectivity index (χ1) is 10.1. The summed E-state index contributed by atoms with van der Waals surface area (Å²) in [7, 11) is 0. The Hall–Kier alpha value is -2.16. The topological polar surface area (TPSA) is 60.7 Å². The molecular formula is C18H22O3. The van der Waals surface area contributed by atoms with Crippen molar-refractivity contribution >= 4 is 0 Å². The molecule has 0 aliphatic carbocycles. The van der Waals surface area contributed by atoms with Crippen LogP contribution >= 0.6 is 0 Å². The molecule has 0 aromatic heterocycles. The third kappa shape index (κ3) is 2.44. The van der Waals surface area contributed by atoms with E-state index in [1.807, 2.05) is 26.8 Å². The molecule has 3 N–H and O–H groups in total. The standard InChI is InChI=1S/C18H22O3/c1-4-11-12(5-2)17(20)13(6-3)18(21)16(11)14-9-7-8-10-15(14)19/h7-10,19-21H,4-6H2,1-3H3. The lowest BCUT2D eigenvalue weighted by Gasteiger charge is -2.20. The molecule has 0 heterocycles. The first-order valence-electron chi connectivity index (χ1n) is 7.43. The molecule has 3 heteroatoms. The Kier molecular flexibility index (Phi) is 4.41. The summed E-state index contributed by atoms with van der Waals surface area (Å²) in [5.74, 6) is 0.399. The molecule has 112 valence electrons. The molecule has 0 saturated heterocycles. The second-order valence-corrected chi connectivity index (χ2v) is 5.09. The van der Waals surface area contributed by atoms with Crippen LogP contribution in [0.5, 0.6) is 17.2 Å². The number of para-hydroxylation sites is 1. The lowest BCUT2D eigenvalue weighted by atomic mass is 9.87. The number of aromatic hydroxyl groups is 3. The number of hydrogen-bond acceptors (Lipinski definition) is 3. The second kappa shape index (κ2) is 6.08. The van der Waals surface area contributed by atoms with E-state index in [2.05, 4.69) is 0 Å². The maximum atomic E-state index is 10.6. The zero-order chi connectivity index (χ0) is 15.6. The highest BCUT2D eigenvalue weighted by molar-refractivity contribution is 5.82. The van der Waals surface area contributed by atoms with Gasteiger partial charge in [-0.15, -0.1) is 0 Å². The molecule has 2 rings (SSSR count). The zero-order valence-corrected chi connectivity index (χ0v) is 12.8. The summed E-state index contributed by atoms with van der Waals surface area (Å²) in [5, 5.41) is 31.1. The number of rotatable bonds is 4. The molecular weight excluding hydrogens is 264 g/mol. The van der Waals surface area contributed by atoms with Crippen LogP contribution in [0.1, 0.15) is 37.5 Å². The van der Waals surface area contributed by atoms with Crippen LogP contribution in [-0.2, 0) is 19.3 Å². The molecule has 0 unspecified atom stereocenters. The Labute approximate surface area is 125 Å². The highest BCUT2D eigenvalue weighted by Gasteiger charge is 2.23. The predicted octanol–water partition coefficient (Wildman–Crippen LogP) is 4.16. The molecule has 21 heavy (non-hydrogen) atoms. The SMILES string of the molecule is CCc1c(O)c(CC)c(CC)c(-c2ccccc2O)c1O. The Morgan fingerprint density at radius 2 is 1.29 bits per heavy atom. The molecule has 0 amide bonds. The van der Waals surface area contributed by atoms with E-state index in [4.69, 9.17) is 0 Å². The Balaban J connectivity index is 2.90.